The van der Waals surface area contributed by atoms with Crippen LogP contribution in [0, 0.1) is 12.8 Å². The number of benzene rings is 1. The summed E-state index contributed by atoms with van der Waals surface area (Å²) in [5, 5.41) is 1.04. The van der Waals surface area contributed by atoms with Crippen molar-refractivity contribution in [3.63, 3.8) is 0 Å². The third kappa shape index (κ3) is 3.30. The number of carbonyl (C=O) groups is 1. The number of hydrogen-bond acceptors (Lipinski definition) is 2. The first-order valence-corrected chi connectivity index (χ1v) is 7.77. The second-order valence-corrected chi connectivity index (χ2v) is 5.72. The average Bonchev–Trinajstić information content (AvgIpc) is 2.47. The molecule has 19 heavy (non-hydrogen) atoms. The maximum atomic E-state index is 12.4. The Morgan fingerprint density at radius 1 is 1.42 bits per heavy atom. The molecule has 3 nitrogen and oxygen atoms in total. The fraction of sp³-hybridized carbons (Fsp3) is 0.533. The highest BCUT2D eigenvalue weighted by molar-refractivity contribution is 9.09. The summed E-state index contributed by atoms with van der Waals surface area (Å²) in [4.78, 5) is 14.4. The fourth-order valence-corrected chi connectivity index (χ4v) is 3.07. The normalized spacial score (nSPS) is 16.5. The maximum absolute atomic E-state index is 12.4. The molecule has 1 saturated heterocycles. The fourth-order valence-electron chi connectivity index (χ4n) is 2.43. The zero-order chi connectivity index (χ0) is 13.8. The van der Waals surface area contributed by atoms with Crippen LogP contribution in [0.1, 0.15) is 28.8 Å². The van der Waals surface area contributed by atoms with Gasteiger partial charge in [-0.1, -0.05) is 22.0 Å². The molecule has 1 aliphatic heterocycles. The Morgan fingerprint density at radius 2 is 2.11 bits per heavy atom. The summed E-state index contributed by atoms with van der Waals surface area (Å²) in [6.45, 7) is 3.69. The van der Waals surface area contributed by atoms with Gasteiger partial charge in [0.25, 0.3) is 5.91 Å². The number of likely N-dealkylation sites (tertiary alicyclic amines) is 1. The molecule has 1 fully saturated rings. The van der Waals surface area contributed by atoms with Crippen molar-refractivity contribution in [3.05, 3.63) is 29.3 Å². The van der Waals surface area contributed by atoms with Crippen LogP contribution in [-0.4, -0.2) is 36.3 Å². The van der Waals surface area contributed by atoms with Crippen molar-refractivity contribution in [2.45, 2.75) is 19.8 Å². The van der Waals surface area contributed by atoms with Crippen LogP contribution in [0.5, 0.6) is 5.75 Å². The van der Waals surface area contributed by atoms with E-state index in [4.69, 9.17) is 4.74 Å². The lowest BCUT2D eigenvalue weighted by atomic mass is 9.98. The van der Waals surface area contributed by atoms with Gasteiger partial charge in [-0.25, -0.2) is 0 Å². The van der Waals surface area contributed by atoms with Crippen LogP contribution in [0.15, 0.2) is 18.2 Å². The minimum absolute atomic E-state index is 0.117. The van der Waals surface area contributed by atoms with Crippen molar-refractivity contribution >= 4 is 21.8 Å². The number of rotatable bonds is 3. The first-order chi connectivity index (χ1) is 9.15. The molecule has 4 heteroatoms. The Kier molecular flexibility index (Phi) is 4.86. The molecule has 2 rings (SSSR count). The maximum Gasteiger partial charge on any atom is 0.253 e. The lowest BCUT2D eigenvalue weighted by molar-refractivity contribution is 0.0698. The third-order valence-electron chi connectivity index (χ3n) is 3.77. The quantitative estimate of drug-likeness (QED) is 0.798. The van der Waals surface area contributed by atoms with Crippen LogP contribution >= 0.6 is 15.9 Å². The Bertz CT molecular complexity index is 453. The molecule has 0 saturated carbocycles. The highest BCUT2D eigenvalue weighted by atomic mass is 79.9. The van der Waals surface area contributed by atoms with E-state index in [1.54, 1.807) is 7.11 Å². The highest BCUT2D eigenvalue weighted by Crippen LogP contribution is 2.23. The SMILES string of the molecule is COc1cc(C(=O)N2CCC(CBr)CC2)ccc1C. The minimum atomic E-state index is 0.117. The average molecular weight is 326 g/mol. The van der Waals surface area contributed by atoms with Crippen molar-refractivity contribution in [1.29, 1.82) is 0 Å². The summed E-state index contributed by atoms with van der Waals surface area (Å²) in [7, 11) is 1.64. The van der Waals surface area contributed by atoms with E-state index in [0.717, 1.165) is 48.1 Å². The number of ether oxygens (including phenoxy) is 1. The number of methoxy groups -OCH3 is 1. The smallest absolute Gasteiger partial charge is 0.253 e. The summed E-state index contributed by atoms with van der Waals surface area (Å²) < 4.78 is 5.28. The van der Waals surface area contributed by atoms with Crippen molar-refractivity contribution in [2.75, 3.05) is 25.5 Å². The van der Waals surface area contributed by atoms with Crippen LogP contribution < -0.4 is 4.74 Å². The van der Waals surface area contributed by atoms with E-state index < -0.39 is 0 Å². The molecule has 104 valence electrons. The molecule has 0 atom stereocenters. The van der Waals surface area contributed by atoms with Crippen LogP contribution in [0.25, 0.3) is 0 Å². The summed E-state index contributed by atoms with van der Waals surface area (Å²) in [5.41, 5.74) is 1.77. The van der Waals surface area contributed by atoms with Gasteiger partial charge in [-0.2, -0.15) is 0 Å². The number of halogens is 1. The summed E-state index contributed by atoms with van der Waals surface area (Å²) >= 11 is 3.52. The molecule has 0 unspecified atom stereocenters. The molecule has 0 N–H and O–H groups in total. The molecule has 1 amide bonds. The molecule has 1 heterocycles. The van der Waals surface area contributed by atoms with Gasteiger partial charge in [0.1, 0.15) is 5.75 Å². The molecule has 0 bridgehead atoms. The van der Waals surface area contributed by atoms with Crippen molar-refractivity contribution < 1.29 is 9.53 Å². The zero-order valence-corrected chi connectivity index (χ0v) is 13.1. The highest BCUT2D eigenvalue weighted by Gasteiger charge is 2.23. The van der Waals surface area contributed by atoms with E-state index in [9.17, 15) is 4.79 Å². The van der Waals surface area contributed by atoms with Gasteiger partial charge in [0, 0.05) is 24.0 Å². The van der Waals surface area contributed by atoms with Crippen LogP contribution in [0.4, 0.5) is 0 Å². The Balaban J connectivity index is 2.08. The van der Waals surface area contributed by atoms with Gasteiger partial charge < -0.3 is 9.64 Å². The first kappa shape index (κ1) is 14.4. The Hall–Kier alpha value is -1.03. The molecule has 0 radical (unpaired) electrons. The van der Waals surface area contributed by atoms with Gasteiger partial charge >= 0.3 is 0 Å². The number of amides is 1. The topological polar surface area (TPSA) is 29.5 Å². The van der Waals surface area contributed by atoms with Gasteiger partial charge in [0.05, 0.1) is 7.11 Å². The molecule has 1 aromatic rings. The van der Waals surface area contributed by atoms with Crippen molar-refractivity contribution in [3.8, 4) is 5.75 Å². The van der Waals surface area contributed by atoms with Gasteiger partial charge in [-0.15, -0.1) is 0 Å². The second-order valence-electron chi connectivity index (χ2n) is 5.07. The van der Waals surface area contributed by atoms with Gasteiger partial charge in [0.15, 0.2) is 0 Å². The molecule has 1 aromatic carbocycles. The summed E-state index contributed by atoms with van der Waals surface area (Å²) in [5.74, 6) is 1.60. The molecule has 1 aliphatic rings. The number of alkyl halides is 1. The monoisotopic (exact) mass is 325 g/mol. The van der Waals surface area contributed by atoms with E-state index >= 15 is 0 Å². The van der Waals surface area contributed by atoms with Crippen LogP contribution in [-0.2, 0) is 0 Å². The molecule has 0 aromatic heterocycles. The third-order valence-corrected chi connectivity index (χ3v) is 4.69. The van der Waals surface area contributed by atoms with Crippen LogP contribution in [0.3, 0.4) is 0 Å². The Morgan fingerprint density at radius 3 is 2.68 bits per heavy atom. The lowest BCUT2D eigenvalue weighted by Crippen LogP contribution is -2.38. The lowest BCUT2D eigenvalue weighted by Gasteiger charge is -2.31. The van der Waals surface area contributed by atoms with E-state index in [2.05, 4.69) is 15.9 Å². The second kappa shape index (κ2) is 6.42. The number of hydrogen-bond donors (Lipinski definition) is 0. The molecular weight excluding hydrogens is 306 g/mol. The standard InChI is InChI=1S/C15H20BrNO2/c1-11-3-4-13(9-14(11)19-2)15(18)17-7-5-12(10-16)6-8-17/h3-4,9,12H,5-8,10H2,1-2H3. The Labute approximate surface area is 123 Å². The predicted molar refractivity (Wildman–Crippen MR) is 80.2 cm³/mol. The van der Waals surface area contributed by atoms with Gasteiger partial charge in [-0.3, -0.25) is 4.79 Å². The summed E-state index contributed by atoms with van der Waals surface area (Å²) in [6.07, 6.45) is 2.17. The molecular formula is C15H20BrNO2. The number of carbonyl (C=O) groups excluding carboxylic acids is 1. The van der Waals surface area contributed by atoms with E-state index in [-0.39, 0.29) is 5.91 Å². The van der Waals surface area contributed by atoms with E-state index in [1.807, 2.05) is 30.0 Å². The van der Waals surface area contributed by atoms with Crippen molar-refractivity contribution in [1.82, 2.24) is 4.90 Å². The zero-order valence-electron chi connectivity index (χ0n) is 11.5. The predicted octanol–water partition coefficient (Wildman–Crippen LogP) is 3.25. The molecule has 0 aliphatic carbocycles. The van der Waals surface area contributed by atoms with Crippen molar-refractivity contribution in [2.24, 2.45) is 5.92 Å². The molecule has 0 spiro atoms. The number of aryl methyl sites for hydroxylation is 1. The minimum Gasteiger partial charge on any atom is -0.496 e. The first-order valence-electron chi connectivity index (χ1n) is 6.65. The van der Waals surface area contributed by atoms with Gasteiger partial charge in [0.2, 0.25) is 0 Å². The number of piperidine rings is 1. The van der Waals surface area contributed by atoms with Gasteiger partial charge in [-0.05, 0) is 43.4 Å². The van der Waals surface area contributed by atoms with E-state index in [0.29, 0.717) is 5.92 Å². The largest absolute Gasteiger partial charge is 0.496 e. The number of nitrogens with zero attached hydrogens (tertiary/aromatic N) is 1. The van der Waals surface area contributed by atoms with Crippen LogP contribution in [0.2, 0.25) is 0 Å². The van der Waals surface area contributed by atoms with E-state index in [1.165, 1.54) is 0 Å². The summed E-state index contributed by atoms with van der Waals surface area (Å²) in [6, 6.07) is 5.67.